The number of aromatic carboxylic acids is 1. The lowest BCUT2D eigenvalue weighted by Crippen LogP contribution is -2.37. The van der Waals surface area contributed by atoms with Crippen molar-refractivity contribution in [2.75, 3.05) is 0 Å². The molecule has 0 spiro atoms. The van der Waals surface area contributed by atoms with E-state index in [0.29, 0.717) is 4.47 Å². The molecule has 6 heteroatoms. The molecule has 0 aromatic heterocycles. The van der Waals surface area contributed by atoms with Crippen LogP contribution in [0.2, 0.25) is 0 Å². The Morgan fingerprint density at radius 3 is 2.74 bits per heavy atom. The van der Waals surface area contributed by atoms with E-state index in [1.54, 1.807) is 19.1 Å². The molecular weight excluding hydrogens is 314 g/mol. The number of rotatable bonds is 5. The van der Waals surface area contributed by atoms with Crippen molar-refractivity contribution in [3.05, 3.63) is 28.2 Å². The highest BCUT2D eigenvalue weighted by molar-refractivity contribution is 9.10. The third-order valence-corrected chi connectivity index (χ3v) is 3.26. The van der Waals surface area contributed by atoms with Gasteiger partial charge in [0, 0.05) is 10.5 Å². The van der Waals surface area contributed by atoms with E-state index >= 15 is 0 Å². The maximum atomic E-state index is 11.8. The summed E-state index contributed by atoms with van der Waals surface area (Å²) in [7, 11) is 0. The molecule has 0 bridgehead atoms. The van der Waals surface area contributed by atoms with Crippen molar-refractivity contribution < 1.29 is 19.4 Å². The van der Waals surface area contributed by atoms with Gasteiger partial charge in [-0.2, -0.15) is 0 Å². The van der Waals surface area contributed by atoms with E-state index in [-0.39, 0.29) is 23.3 Å². The highest BCUT2D eigenvalue weighted by Gasteiger charge is 2.27. The van der Waals surface area contributed by atoms with Crippen molar-refractivity contribution in [2.45, 2.75) is 31.9 Å². The number of halogens is 1. The molecule has 19 heavy (non-hydrogen) atoms. The van der Waals surface area contributed by atoms with Crippen LogP contribution in [-0.4, -0.2) is 29.1 Å². The van der Waals surface area contributed by atoms with Gasteiger partial charge in [0.2, 0.25) is 0 Å². The van der Waals surface area contributed by atoms with Crippen LogP contribution >= 0.6 is 15.9 Å². The van der Waals surface area contributed by atoms with Crippen molar-refractivity contribution in [3.63, 3.8) is 0 Å². The van der Waals surface area contributed by atoms with E-state index in [1.165, 1.54) is 6.07 Å². The molecule has 1 fully saturated rings. The summed E-state index contributed by atoms with van der Waals surface area (Å²) in [6.45, 7) is 1.60. The van der Waals surface area contributed by atoms with Crippen molar-refractivity contribution in [1.29, 1.82) is 0 Å². The third kappa shape index (κ3) is 3.70. The van der Waals surface area contributed by atoms with Gasteiger partial charge < -0.3 is 15.2 Å². The molecule has 0 saturated heterocycles. The van der Waals surface area contributed by atoms with Crippen molar-refractivity contribution >= 4 is 27.8 Å². The van der Waals surface area contributed by atoms with Crippen molar-refractivity contribution in [1.82, 2.24) is 5.32 Å². The summed E-state index contributed by atoms with van der Waals surface area (Å²) >= 11 is 3.25. The highest BCUT2D eigenvalue weighted by Crippen LogP contribution is 2.25. The maximum absolute atomic E-state index is 11.8. The van der Waals surface area contributed by atoms with Gasteiger partial charge in [-0.15, -0.1) is 0 Å². The normalized spacial score (nSPS) is 15.7. The van der Waals surface area contributed by atoms with Gasteiger partial charge in [-0.05, 0) is 38.0 Å². The lowest BCUT2D eigenvalue weighted by Gasteiger charge is -2.16. The zero-order chi connectivity index (χ0) is 14.0. The first-order valence-corrected chi connectivity index (χ1v) is 6.76. The first-order valence-electron chi connectivity index (χ1n) is 5.97. The van der Waals surface area contributed by atoms with Crippen molar-refractivity contribution in [3.8, 4) is 5.75 Å². The fourth-order valence-electron chi connectivity index (χ4n) is 1.56. The van der Waals surface area contributed by atoms with Gasteiger partial charge in [0.25, 0.3) is 5.91 Å². The average molecular weight is 328 g/mol. The minimum absolute atomic E-state index is 0.0364. The number of amides is 1. The Balaban J connectivity index is 2.10. The van der Waals surface area contributed by atoms with E-state index < -0.39 is 12.1 Å². The summed E-state index contributed by atoms with van der Waals surface area (Å²) in [5, 5.41) is 11.9. The van der Waals surface area contributed by atoms with Gasteiger partial charge in [-0.3, -0.25) is 4.79 Å². The Bertz CT molecular complexity index is 513. The molecule has 1 aromatic rings. The largest absolute Gasteiger partial charge is 0.480 e. The summed E-state index contributed by atoms with van der Waals surface area (Å²) in [5.74, 6) is -1.13. The van der Waals surface area contributed by atoms with E-state index in [0.717, 1.165) is 12.8 Å². The number of carbonyl (C=O) groups excluding carboxylic acids is 1. The third-order valence-electron chi connectivity index (χ3n) is 2.77. The van der Waals surface area contributed by atoms with Gasteiger partial charge in [0.1, 0.15) is 11.3 Å². The minimum atomic E-state index is -1.09. The predicted octanol–water partition coefficient (Wildman–Crippen LogP) is 2.19. The SMILES string of the molecule is CC(Oc1cc(Br)ccc1C(=O)O)C(=O)NC1CC1. The van der Waals surface area contributed by atoms with Crippen LogP contribution in [-0.2, 0) is 4.79 Å². The number of benzene rings is 1. The second kappa shape index (κ2) is 5.61. The van der Waals surface area contributed by atoms with Crippen LogP contribution in [0.25, 0.3) is 0 Å². The Labute approximate surface area is 119 Å². The van der Waals surface area contributed by atoms with Crippen LogP contribution in [0.4, 0.5) is 0 Å². The Morgan fingerprint density at radius 1 is 1.47 bits per heavy atom. The van der Waals surface area contributed by atoms with Gasteiger partial charge >= 0.3 is 5.97 Å². The van der Waals surface area contributed by atoms with E-state index in [2.05, 4.69) is 21.2 Å². The fraction of sp³-hybridized carbons (Fsp3) is 0.385. The molecule has 2 N–H and O–H groups in total. The number of carboxylic acid groups (broad SMARTS) is 1. The summed E-state index contributed by atoms with van der Waals surface area (Å²) in [6.07, 6.45) is 1.26. The van der Waals surface area contributed by atoms with E-state index in [1.807, 2.05) is 0 Å². The topological polar surface area (TPSA) is 75.6 Å². The quantitative estimate of drug-likeness (QED) is 0.869. The molecular formula is C13H14BrNO4. The molecule has 0 heterocycles. The zero-order valence-electron chi connectivity index (χ0n) is 10.4. The Morgan fingerprint density at radius 2 is 2.16 bits per heavy atom. The molecule has 1 saturated carbocycles. The Hall–Kier alpha value is -1.56. The number of hydrogen-bond acceptors (Lipinski definition) is 3. The Kier molecular flexibility index (Phi) is 4.09. The molecule has 1 unspecified atom stereocenters. The monoisotopic (exact) mass is 327 g/mol. The van der Waals surface area contributed by atoms with Crippen LogP contribution in [0.5, 0.6) is 5.75 Å². The molecule has 2 rings (SSSR count). The van der Waals surface area contributed by atoms with Crippen LogP contribution in [0.3, 0.4) is 0 Å². The van der Waals surface area contributed by atoms with Crippen LogP contribution < -0.4 is 10.1 Å². The minimum Gasteiger partial charge on any atom is -0.480 e. The number of hydrogen-bond donors (Lipinski definition) is 2. The standard InChI is InChI=1S/C13H14BrNO4/c1-7(12(16)15-9-3-4-9)19-11-6-8(14)2-5-10(11)13(17)18/h2,5-7,9H,3-4H2,1H3,(H,15,16)(H,17,18). The van der Waals surface area contributed by atoms with E-state index in [9.17, 15) is 9.59 Å². The molecule has 0 radical (unpaired) electrons. The molecule has 102 valence electrons. The second-order valence-corrected chi connectivity index (χ2v) is 5.40. The lowest BCUT2D eigenvalue weighted by atomic mass is 10.2. The molecule has 1 aromatic carbocycles. The number of nitrogens with one attached hydrogen (secondary N) is 1. The van der Waals surface area contributed by atoms with Crippen LogP contribution in [0.1, 0.15) is 30.1 Å². The number of ether oxygens (including phenoxy) is 1. The lowest BCUT2D eigenvalue weighted by molar-refractivity contribution is -0.127. The summed E-state index contributed by atoms with van der Waals surface area (Å²) in [4.78, 5) is 22.8. The highest BCUT2D eigenvalue weighted by atomic mass is 79.9. The summed E-state index contributed by atoms with van der Waals surface area (Å²) < 4.78 is 6.15. The van der Waals surface area contributed by atoms with Crippen LogP contribution in [0, 0.1) is 0 Å². The summed E-state index contributed by atoms with van der Waals surface area (Å²) in [5.41, 5.74) is 0.0364. The van der Waals surface area contributed by atoms with E-state index in [4.69, 9.17) is 9.84 Å². The van der Waals surface area contributed by atoms with Crippen molar-refractivity contribution in [2.24, 2.45) is 0 Å². The second-order valence-electron chi connectivity index (χ2n) is 4.49. The molecule has 1 atom stereocenters. The van der Waals surface area contributed by atoms with Gasteiger partial charge in [-0.25, -0.2) is 4.79 Å². The molecule has 1 amide bonds. The molecule has 1 aliphatic carbocycles. The van der Waals surface area contributed by atoms with Crippen LogP contribution in [0.15, 0.2) is 22.7 Å². The van der Waals surface area contributed by atoms with Gasteiger partial charge in [-0.1, -0.05) is 15.9 Å². The summed E-state index contributed by atoms with van der Waals surface area (Å²) in [6, 6.07) is 4.85. The first-order chi connectivity index (χ1) is 8.97. The molecule has 1 aliphatic rings. The maximum Gasteiger partial charge on any atom is 0.339 e. The molecule has 5 nitrogen and oxygen atoms in total. The smallest absolute Gasteiger partial charge is 0.339 e. The predicted molar refractivity (Wildman–Crippen MR) is 72.4 cm³/mol. The van der Waals surface area contributed by atoms with Gasteiger partial charge in [0.15, 0.2) is 6.10 Å². The first kappa shape index (κ1) is 13.9. The number of carboxylic acids is 1. The zero-order valence-corrected chi connectivity index (χ0v) is 11.9. The average Bonchev–Trinajstić information content (AvgIpc) is 3.12. The fourth-order valence-corrected chi connectivity index (χ4v) is 1.90. The number of carbonyl (C=O) groups is 2. The van der Waals surface area contributed by atoms with Gasteiger partial charge in [0.05, 0.1) is 0 Å². The molecule has 0 aliphatic heterocycles.